The van der Waals surface area contributed by atoms with Crippen molar-refractivity contribution < 1.29 is 79.9 Å². The molecule has 16 heteroatoms. The van der Waals surface area contributed by atoms with Gasteiger partial charge in [-0.1, -0.05) is 0 Å². The van der Waals surface area contributed by atoms with Crippen LogP contribution in [0.25, 0.3) is 0 Å². The SMILES string of the molecule is OC[C@H]1O[C@@H](O[C@H]2[C@H](O)[C@@H](O)[C@H](O[C@@H]3[C@@H](O)[C@@H](O)O[C@H](CO)[C@H]3O)O[C@@H]2CO)[C@H](O)[C@@H](O)[C@@H]1O. The zero-order chi connectivity index (χ0) is 25.3. The van der Waals surface area contributed by atoms with Gasteiger partial charge in [0.1, 0.15) is 73.2 Å². The molecule has 3 rings (SSSR count). The highest BCUT2D eigenvalue weighted by Crippen LogP contribution is 2.32. The van der Waals surface area contributed by atoms with E-state index in [1.807, 2.05) is 0 Å². The Bertz CT molecular complexity index is 637. The van der Waals surface area contributed by atoms with Gasteiger partial charge in [0.05, 0.1) is 19.8 Å². The van der Waals surface area contributed by atoms with E-state index in [2.05, 4.69) is 0 Å². The summed E-state index contributed by atoms with van der Waals surface area (Å²) in [5.41, 5.74) is 0. The van der Waals surface area contributed by atoms with Crippen LogP contribution in [0.5, 0.6) is 0 Å². The second kappa shape index (κ2) is 11.6. The lowest BCUT2D eigenvalue weighted by Crippen LogP contribution is -2.66. The van der Waals surface area contributed by atoms with Crippen LogP contribution in [0.4, 0.5) is 0 Å². The molecule has 0 aromatic carbocycles. The Labute approximate surface area is 192 Å². The van der Waals surface area contributed by atoms with Crippen LogP contribution in [0.3, 0.4) is 0 Å². The third kappa shape index (κ3) is 5.37. The standard InChI is InChI=1S/C18H32O16/c19-1-4-7(22)9(24)11(26)17(31-4)33-14-6(3-21)32-18(12(27)10(14)25)34-15-8(23)5(2-20)30-16(29)13(15)28/h4-29H,1-3H2/t4-,5-,6-,7-,8-,9+,10-,11-,12-,13-,14-,15+,16+,17+,18+/m1/s1. The molecule has 3 fully saturated rings. The minimum absolute atomic E-state index is 0.740. The smallest absolute Gasteiger partial charge is 0.187 e. The zero-order valence-electron chi connectivity index (χ0n) is 17.7. The van der Waals surface area contributed by atoms with E-state index in [0.29, 0.717) is 0 Å². The normalized spacial score (nSPS) is 52.5. The summed E-state index contributed by atoms with van der Waals surface area (Å²) in [6, 6.07) is 0. The van der Waals surface area contributed by atoms with Gasteiger partial charge in [0.2, 0.25) is 0 Å². The Morgan fingerprint density at radius 1 is 0.441 bits per heavy atom. The van der Waals surface area contributed by atoms with Crippen molar-refractivity contribution in [3.63, 3.8) is 0 Å². The van der Waals surface area contributed by atoms with Crippen molar-refractivity contribution in [2.24, 2.45) is 0 Å². The Kier molecular flexibility index (Phi) is 9.54. The first-order valence-electron chi connectivity index (χ1n) is 10.6. The Balaban J connectivity index is 1.72. The van der Waals surface area contributed by atoms with Crippen LogP contribution in [0, 0.1) is 0 Å². The topological polar surface area (TPSA) is 269 Å². The predicted octanol–water partition coefficient (Wildman–Crippen LogP) is -7.57. The number of hydrogen-bond acceptors (Lipinski definition) is 16. The van der Waals surface area contributed by atoms with Gasteiger partial charge in [0.25, 0.3) is 0 Å². The number of aliphatic hydroxyl groups excluding tert-OH is 11. The fraction of sp³-hybridized carbons (Fsp3) is 1.00. The number of rotatable bonds is 7. The van der Waals surface area contributed by atoms with Gasteiger partial charge in [-0.15, -0.1) is 0 Å². The Hall–Kier alpha value is -0.640. The summed E-state index contributed by atoms with van der Waals surface area (Å²) >= 11 is 0. The van der Waals surface area contributed by atoms with E-state index < -0.39 is 112 Å². The minimum Gasteiger partial charge on any atom is -0.394 e. The summed E-state index contributed by atoms with van der Waals surface area (Å²) in [6.07, 6.45) is -25.3. The van der Waals surface area contributed by atoms with Gasteiger partial charge in [-0.05, 0) is 0 Å². The molecule has 0 saturated carbocycles. The molecule has 3 heterocycles. The lowest BCUT2D eigenvalue weighted by molar-refractivity contribution is -0.378. The molecule has 34 heavy (non-hydrogen) atoms. The van der Waals surface area contributed by atoms with Gasteiger partial charge >= 0.3 is 0 Å². The van der Waals surface area contributed by atoms with Crippen molar-refractivity contribution in [1.29, 1.82) is 0 Å². The lowest BCUT2D eigenvalue weighted by Gasteiger charge is -2.47. The highest BCUT2D eigenvalue weighted by molar-refractivity contribution is 4.96. The number of hydrogen-bond donors (Lipinski definition) is 11. The third-order valence-corrected chi connectivity index (χ3v) is 6.09. The molecule has 11 N–H and O–H groups in total. The van der Waals surface area contributed by atoms with Crippen molar-refractivity contribution in [2.75, 3.05) is 19.8 Å². The molecule has 0 aromatic heterocycles. The molecule has 3 aliphatic heterocycles. The third-order valence-electron chi connectivity index (χ3n) is 6.09. The molecule has 0 aromatic rings. The summed E-state index contributed by atoms with van der Waals surface area (Å²) in [5.74, 6) is 0. The first-order chi connectivity index (χ1) is 16.0. The maximum atomic E-state index is 10.6. The van der Waals surface area contributed by atoms with Crippen LogP contribution in [0.15, 0.2) is 0 Å². The quantitative estimate of drug-likeness (QED) is 0.154. The van der Waals surface area contributed by atoms with Crippen LogP contribution in [-0.4, -0.2) is 168 Å². The first-order valence-corrected chi connectivity index (χ1v) is 10.6. The summed E-state index contributed by atoms with van der Waals surface area (Å²) in [4.78, 5) is 0. The van der Waals surface area contributed by atoms with E-state index >= 15 is 0 Å². The van der Waals surface area contributed by atoms with Crippen molar-refractivity contribution in [3.05, 3.63) is 0 Å². The van der Waals surface area contributed by atoms with Gasteiger partial charge in [-0.3, -0.25) is 0 Å². The number of ether oxygens (including phenoxy) is 5. The average Bonchev–Trinajstić information content (AvgIpc) is 2.83. The van der Waals surface area contributed by atoms with Crippen LogP contribution < -0.4 is 0 Å². The number of aliphatic hydroxyl groups is 11. The van der Waals surface area contributed by atoms with Gasteiger partial charge in [-0.25, -0.2) is 0 Å². The summed E-state index contributed by atoms with van der Waals surface area (Å²) in [5, 5.41) is 109. The molecular weight excluding hydrogens is 472 g/mol. The molecule has 3 aliphatic rings. The lowest BCUT2D eigenvalue weighted by atomic mass is 9.96. The zero-order valence-corrected chi connectivity index (χ0v) is 17.7. The van der Waals surface area contributed by atoms with Crippen LogP contribution in [-0.2, 0) is 23.7 Å². The average molecular weight is 504 g/mol. The molecule has 0 spiro atoms. The van der Waals surface area contributed by atoms with Crippen molar-refractivity contribution in [1.82, 2.24) is 0 Å². The molecular formula is C18H32O16. The van der Waals surface area contributed by atoms with E-state index in [-0.39, 0.29) is 0 Å². The molecule has 0 aliphatic carbocycles. The summed E-state index contributed by atoms with van der Waals surface area (Å²) in [6.45, 7) is -2.31. The van der Waals surface area contributed by atoms with Crippen LogP contribution >= 0.6 is 0 Å². The highest BCUT2D eigenvalue weighted by atomic mass is 16.7. The summed E-state index contributed by atoms with van der Waals surface area (Å²) < 4.78 is 26.2. The molecule has 0 bridgehead atoms. The minimum atomic E-state index is -1.93. The fourth-order valence-electron chi connectivity index (χ4n) is 4.05. The molecule has 3 saturated heterocycles. The van der Waals surface area contributed by atoms with Crippen molar-refractivity contribution in [3.8, 4) is 0 Å². The van der Waals surface area contributed by atoms with Crippen molar-refractivity contribution in [2.45, 2.75) is 92.1 Å². The molecule has 0 amide bonds. The Morgan fingerprint density at radius 3 is 1.47 bits per heavy atom. The second-order valence-corrected chi connectivity index (χ2v) is 8.33. The molecule has 16 nitrogen and oxygen atoms in total. The van der Waals surface area contributed by atoms with E-state index in [1.165, 1.54) is 0 Å². The molecule has 200 valence electrons. The maximum Gasteiger partial charge on any atom is 0.187 e. The summed E-state index contributed by atoms with van der Waals surface area (Å²) in [7, 11) is 0. The van der Waals surface area contributed by atoms with Gasteiger partial charge in [-0.2, -0.15) is 0 Å². The van der Waals surface area contributed by atoms with Gasteiger partial charge in [0.15, 0.2) is 18.9 Å². The monoisotopic (exact) mass is 504 g/mol. The van der Waals surface area contributed by atoms with E-state index in [0.717, 1.165) is 0 Å². The second-order valence-electron chi connectivity index (χ2n) is 8.33. The van der Waals surface area contributed by atoms with E-state index in [9.17, 15) is 56.2 Å². The molecule has 0 unspecified atom stereocenters. The molecule has 0 radical (unpaired) electrons. The van der Waals surface area contributed by atoms with Gasteiger partial charge in [0, 0.05) is 0 Å². The van der Waals surface area contributed by atoms with Gasteiger partial charge < -0.3 is 79.9 Å². The van der Waals surface area contributed by atoms with Crippen molar-refractivity contribution >= 4 is 0 Å². The van der Waals surface area contributed by atoms with Crippen LogP contribution in [0.2, 0.25) is 0 Å². The molecule has 15 atom stereocenters. The van der Waals surface area contributed by atoms with Crippen LogP contribution in [0.1, 0.15) is 0 Å². The van der Waals surface area contributed by atoms with E-state index in [4.69, 9.17) is 23.7 Å². The first kappa shape index (κ1) is 27.9. The maximum absolute atomic E-state index is 10.6. The fourth-order valence-corrected chi connectivity index (χ4v) is 4.05. The largest absolute Gasteiger partial charge is 0.394 e. The highest BCUT2D eigenvalue weighted by Gasteiger charge is 2.53. The van der Waals surface area contributed by atoms with E-state index in [1.54, 1.807) is 0 Å². The predicted molar refractivity (Wildman–Crippen MR) is 101 cm³/mol. The Morgan fingerprint density at radius 2 is 0.912 bits per heavy atom.